The van der Waals surface area contributed by atoms with Crippen LogP contribution in [-0.4, -0.2) is 15.3 Å². The summed E-state index contributed by atoms with van der Waals surface area (Å²) >= 11 is 0. The van der Waals surface area contributed by atoms with Crippen LogP contribution in [0.1, 0.15) is 0 Å². The van der Waals surface area contributed by atoms with Gasteiger partial charge in [-0.3, -0.25) is 4.79 Å². The summed E-state index contributed by atoms with van der Waals surface area (Å²) < 4.78 is 5.55. The van der Waals surface area contributed by atoms with Gasteiger partial charge in [0, 0.05) is 17.7 Å². The average Bonchev–Trinajstić information content (AvgIpc) is 2.41. The van der Waals surface area contributed by atoms with Crippen LogP contribution < -0.4 is 5.43 Å². The minimum Gasteiger partial charge on any atom is -0.507 e. The van der Waals surface area contributed by atoms with Crippen molar-refractivity contribution >= 4 is 12.4 Å². The molecule has 1 aromatic rings. The Morgan fingerprint density at radius 1 is 0.762 bits per heavy atom. The lowest BCUT2D eigenvalue weighted by molar-refractivity contribution is 0.404. The lowest BCUT2D eigenvalue weighted by Gasteiger charge is -2.09. The lowest BCUT2D eigenvalue weighted by atomic mass is 10.1. The molecule has 0 spiro atoms. The molecule has 3 rings (SSSR count). The molecule has 0 unspecified atom stereocenters. The van der Waals surface area contributed by atoms with Gasteiger partial charge in [-0.05, 0) is 30.3 Å². The molecule has 5 nitrogen and oxygen atoms in total. The zero-order chi connectivity index (χ0) is 14.3. The van der Waals surface area contributed by atoms with Crippen molar-refractivity contribution in [2.75, 3.05) is 0 Å². The maximum Gasteiger partial charge on any atom is 0.186 e. The van der Waals surface area contributed by atoms with E-state index in [1.54, 1.807) is 18.2 Å². The van der Waals surface area contributed by atoms with E-state index in [0.717, 1.165) is 6.07 Å². The normalized spacial score (nSPS) is 10.3. The monoisotopic (exact) mass is 306 g/mol. The molecule has 0 saturated carbocycles. The first-order valence-corrected chi connectivity index (χ1v) is 5.84. The summed E-state index contributed by atoms with van der Waals surface area (Å²) in [6.07, 6.45) is 0. The Hall–Kier alpha value is -2.66. The topological polar surface area (TPSA) is 90.9 Å². The van der Waals surface area contributed by atoms with Crippen LogP contribution in [0.2, 0.25) is 0 Å². The molecule has 2 aliphatic rings. The second kappa shape index (κ2) is 5.38. The zero-order valence-electron chi connectivity index (χ0n) is 10.6. The van der Waals surface area contributed by atoms with Crippen molar-refractivity contribution in [2.45, 2.75) is 0 Å². The third kappa shape index (κ3) is 2.64. The van der Waals surface area contributed by atoms with Gasteiger partial charge in [0.1, 0.15) is 17.3 Å². The number of halogens is 1. The van der Waals surface area contributed by atoms with Crippen LogP contribution >= 0.6 is 12.4 Å². The van der Waals surface area contributed by atoms with Gasteiger partial charge in [0.25, 0.3) is 0 Å². The van der Waals surface area contributed by atoms with Crippen molar-refractivity contribution in [3.63, 3.8) is 0 Å². The Balaban J connectivity index is 0.00000161. The third-order valence-corrected chi connectivity index (χ3v) is 2.97. The molecule has 0 fully saturated rings. The van der Waals surface area contributed by atoms with Crippen LogP contribution in [0.3, 0.4) is 0 Å². The van der Waals surface area contributed by atoms with Gasteiger partial charge in [0.05, 0.1) is 5.56 Å². The van der Waals surface area contributed by atoms with E-state index in [-0.39, 0.29) is 40.8 Å². The van der Waals surface area contributed by atoms with Gasteiger partial charge < -0.3 is 19.7 Å². The predicted molar refractivity (Wildman–Crippen MR) is 79.3 cm³/mol. The standard InChI is InChI=1S/C15H10O5.ClH/c16-9-6-12(18)10-2-4-14(20-15(10)7-9)8-1-3-11(17)13(19)5-8;/h1-7,17-19H;1H. The minimum absolute atomic E-state index is 0. The van der Waals surface area contributed by atoms with E-state index in [1.807, 2.05) is 0 Å². The van der Waals surface area contributed by atoms with Crippen molar-refractivity contribution in [2.24, 2.45) is 0 Å². The molecule has 0 amide bonds. The smallest absolute Gasteiger partial charge is 0.186 e. The number of aromatic hydroxyl groups is 3. The van der Waals surface area contributed by atoms with E-state index in [4.69, 9.17) is 4.42 Å². The Bertz CT molecular complexity index is 825. The number of rotatable bonds is 1. The molecule has 1 aliphatic carbocycles. The van der Waals surface area contributed by atoms with E-state index in [0.29, 0.717) is 16.9 Å². The second-order valence-electron chi connectivity index (χ2n) is 4.36. The van der Waals surface area contributed by atoms with Crippen molar-refractivity contribution in [1.82, 2.24) is 0 Å². The summed E-state index contributed by atoms with van der Waals surface area (Å²) in [5.41, 5.74) is 0.610. The highest BCUT2D eigenvalue weighted by Gasteiger charge is 2.13. The lowest BCUT2D eigenvalue weighted by Crippen LogP contribution is -1.98. The van der Waals surface area contributed by atoms with Gasteiger partial charge in [-0.1, -0.05) is 0 Å². The molecule has 1 aromatic carbocycles. The molecule has 0 atom stereocenters. The molecule has 0 saturated heterocycles. The zero-order valence-corrected chi connectivity index (χ0v) is 11.4. The second-order valence-corrected chi connectivity index (χ2v) is 4.36. The van der Waals surface area contributed by atoms with E-state index in [1.165, 1.54) is 18.2 Å². The Labute approximate surface area is 125 Å². The Morgan fingerprint density at radius 2 is 1.52 bits per heavy atom. The molecular formula is C15H11ClO5. The number of phenolic OH excluding ortho intramolecular Hbond substituents is 3. The molecule has 0 aromatic heterocycles. The van der Waals surface area contributed by atoms with Crippen LogP contribution in [0.25, 0.3) is 22.6 Å². The average molecular weight is 307 g/mol. The highest BCUT2D eigenvalue weighted by molar-refractivity contribution is 5.85. The summed E-state index contributed by atoms with van der Waals surface area (Å²) in [4.78, 5) is 11.4. The highest BCUT2D eigenvalue weighted by Crippen LogP contribution is 2.35. The van der Waals surface area contributed by atoms with Gasteiger partial charge >= 0.3 is 0 Å². The molecule has 108 valence electrons. The van der Waals surface area contributed by atoms with Crippen LogP contribution in [0, 0.1) is 0 Å². The summed E-state index contributed by atoms with van der Waals surface area (Å²) in [6, 6.07) is 9.88. The number of phenols is 3. The maximum absolute atomic E-state index is 11.4. The molecular weight excluding hydrogens is 296 g/mol. The van der Waals surface area contributed by atoms with Crippen LogP contribution in [0.15, 0.2) is 51.7 Å². The maximum atomic E-state index is 11.4. The summed E-state index contributed by atoms with van der Waals surface area (Å²) in [5.74, 6) is 0.0152. The Morgan fingerprint density at radius 3 is 2.24 bits per heavy atom. The summed E-state index contributed by atoms with van der Waals surface area (Å²) in [7, 11) is 0. The van der Waals surface area contributed by atoms with Crippen LogP contribution in [0.5, 0.6) is 17.2 Å². The molecule has 1 aliphatic heterocycles. The van der Waals surface area contributed by atoms with E-state index >= 15 is 0 Å². The third-order valence-electron chi connectivity index (χ3n) is 2.97. The largest absolute Gasteiger partial charge is 0.507 e. The SMILES string of the molecule is Cl.O=c1cc2oc(-c3ccc(O)c(O)c3)ccc-2c(O)c1. The van der Waals surface area contributed by atoms with E-state index in [2.05, 4.69) is 0 Å². The summed E-state index contributed by atoms with van der Waals surface area (Å²) in [5, 5.41) is 28.4. The van der Waals surface area contributed by atoms with Crippen molar-refractivity contribution < 1.29 is 19.7 Å². The minimum atomic E-state index is -0.357. The van der Waals surface area contributed by atoms with Crippen molar-refractivity contribution in [3.05, 3.63) is 52.7 Å². The van der Waals surface area contributed by atoms with E-state index in [9.17, 15) is 20.1 Å². The highest BCUT2D eigenvalue weighted by atomic mass is 35.5. The first-order chi connectivity index (χ1) is 9.54. The molecule has 0 bridgehead atoms. The van der Waals surface area contributed by atoms with Crippen LogP contribution in [0.4, 0.5) is 0 Å². The molecule has 6 heteroatoms. The van der Waals surface area contributed by atoms with Crippen molar-refractivity contribution in [3.8, 4) is 39.9 Å². The molecule has 3 N–H and O–H groups in total. The predicted octanol–water partition coefficient (Wildman–Crippen LogP) is 2.95. The number of hydrogen-bond donors (Lipinski definition) is 3. The first-order valence-electron chi connectivity index (χ1n) is 5.84. The van der Waals surface area contributed by atoms with Gasteiger partial charge in [-0.15, -0.1) is 12.4 Å². The molecule has 1 heterocycles. The fourth-order valence-corrected chi connectivity index (χ4v) is 1.98. The fourth-order valence-electron chi connectivity index (χ4n) is 1.98. The van der Waals surface area contributed by atoms with Gasteiger partial charge in [-0.2, -0.15) is 0 Å². The van der Waals surface area contributed by atoms with E-state index < -0.39 is 0 Å². The number of fused-ring (bicyclic) bond motifs is 1. The Kier molecular flexibility index (Phi) is 3.78. The molecule has 21 heavy (non-hydrogen) atoms. The first kappa shape index (κ1) is 14.7. The van der Waals surface area contributed by atoms with Crippen molar-refractivity contribution in [1.29, 1.82) is 0 Å². The number of hydrogen-bond acceptors (Lipinski definition) is 5. The molecule has 0 radical (unpaired) electrons. The van der Waals surface area contributed by atoms with Gasteiger partial charge in [0.15, 0.2) is 16.9 Å². The summed E-state index contributed by atoms with van der Waals surface area (Å²) in [6.45, 7) is 0. The quantitative estimate of drug-likeness (QED) is 0.601. The fraction of sp³-hybridized carbons (Fsp3) is 0. The van der Waals surface area contributed by atoms with Crippen LogP contribution in [-0.2, 0) is 0 Å². The number of benzene rings is 2. The van der Waals surface area contributed by atoms with Gasteiger partial charge in [0.2, 0.25) is 0 Å². The van der Waals surface area contributed by atoms with Gasteiger partial charge in [-0.25, -0.2) is 0 Å².